The molecule has 0 spiro atoms. The van der Waals surface area contributed by atoms with Crippen LogP contribution in [0.15, 0.2) is 84.6 Å². The van der Waals surface area contributed by atoms with E-state index in [1.54, 1.807) is 6.20 Å². The lowest BCUT2D eigenvalue weighted by molar-refractivity contribution is -0.192. The van der Waals surface area contributed by atoms with Crippen molar-refractivity contribution in [1.29, 1.82) is 0 Å². The van der Waals surface area contributed by atoms with Crippen LogP contribution in [0.1, 0.15) is 19.4 Å². The van der Waals surface area contributed by atoms with Crippen LogP contribution in [0, 0.1) is 17.6 Å². The van der Waals surface area contributed by atoms with Crippen LogP contribution >= 0.6 is 0 Å². The fourth-order valence-electron chi connectivity index (χ4n) is 6.12. The largest absolute Gasteiger partial charge is 0.491 e. The maximum absolute atomic E-state index is 14.9. The van der Waals surface area contributed by atoms with Crippen molar-refractivity contribution >= 4 is 11.4 Å². The van der Waals surface area contributed by atoms with Gasteiger partial charge in [-0.1, -0.05) is 13.8 Å². The van der Waals surface area contributed by atoms with Crippen molar-refractivity contribution in [3.8, 4) is 11.6 Å². The Morgan fingerprint density at radius 1 is 0.959 bits per heavy atom. The van der Waals surface area contributed by atoms with E-state index in [1.165, 1.54) is 45.0 Å². The molecule has 2 aliphatic heterocycles. The third-order valence-electron chi connectivity index (χ3n) is 8.57. The van der Waals surface area contributed by atoms with Gasteiger partial charge in [0.05, 0.1) is 18.5 Å². The van der Waals surface area contributed by atoms with Crippen molar-refractivity contribution in [2.45, 2.75) is 38.8 Å². The Bertz CT molecular complexity index is 1910. The van der Waals surface area contributed by atoms with Crippen LogP contribution in [0.5, 0.6) is 5.75 Å². The van der Waals surface area contributed by atoms with Crippen LogP contribution in [-0.2, 0) is 28.4 Å². The fourth-order valence-corrected chi connectivity index (χ4v) is 6.12. The number of benzene rings is 2. The molecule has 256 valence electrons. The highest BCUT2D eigenvalue weighted by Gasteiger charge is 2.46. The first-order valence-electron chi connectivity index (χ1n) is 16.2. The Hall–Kier alpha value is -5.15. The summed E-state index contributed by atoms with van der Waals surface area (Å²) in [4.78, 5) is 25.8. The highest BCUT2D eigenvalue weighted by molar-refractivity contribution is 5.53. The summed E-state index contributed by atoms with van der Waals surface area (Å²) in [5, 5.41) is 8.32. The molecule has 13 nitrogen and oxygen atoms in total. The molecule has 2 aliphatic rings. The lowest BCUT2D eigenvalue weighted by Crippen LogP contribution is -2.46. The second-order valence-corrected chi connectivity index (χ2v) is 12.5. The number of aromatic nitrogens is 7. The van der Waals surface area contributed by atoms with Gasteiger partial charge in [-0.15, -0.1) is 0 Å². The molecule has 5 aromatic rings. The summed E-state index contributed by atoms with van der Waals surface area (Å²) in [6.07, 6.45) is 5.65. The third kappa shape index (κ3) is 7.03. The van der Waals surface area contributed by atoms with Gasteiger partial charge in [-0.3, -0.25) is 0 Å². The molecule has 2 atom stereocenters. The number of hydrogen-bond acceptors (Lipinski definition) is 10. The van der Waals surface area contributed by atoms with Crippen molar-refractivity contribution in [3.05, 3.63) is 107 Å². The predicted octanol–water partition coefficient (Wildman–Crippen LogP) is 3.63. The summed E-state index contributed by atoms with van der Waals surface area (Å²) in [5.74, 6) is -1.45. The first-order chi connectivity index (χ1) is 23.8. The van der Waals surface area contributed by atoms with Crippen molar-refractivity contribution in [1.82, 2.24) is 34.1 Å². The minimum absolute atomic E-state index is 0.0299. The van der Waals surface area contributed by atoms with E-state index in [1.807, 2.05) is 50.2 Å². The summed E-state index contributed by atoms with van der Waals surface area (Å²) < 4.78 is 51.2. The highest BCUT2D eigenvalue weighted by atomic mass is 19.1. The van der Waals surface area contributed by atoms with Crippen molar-refractivity contribution in [2.75, 3.05) is 49.2 Å². The minimum atomic E-state index is -1.51. The Kier molecular flexibility index (Phi) is 9.10. The Balaban J connectivity index is 0.922. The standard InChI is InChI=1S/C34H37F2N9O4/c1-24(2)17-45-33(46)44(23-40-45)32-10-6-27(16-38-32)42-13-11-41(12-14-42)26-4-7-28(8-5-26)47-18-29-19-48-34(49-29,20-43-22-37-21-39-43)30-9-3-25(35)15-31(30)36/h3-10,15-16,21-24,29H,11-14,17-20H2,1-2H3/t29-,34-/m0/s1. The molecule has 5 heterocycles. The van der Waals surface area contributed by atoms with E-state index in [9.17, 15) is 13.6 Å². The van der Waals surface area contributed by atoms with E-state index in [-0.39, 0.29) is 31.0 Å². The van der Waals surface area contributed by atoms with E-state index < -0.39 is 23.5 Å². The number of pyridine rings is 1. The number of piperazine rings is 1. The SMILES string of the molecule is CC(C)Cn1ncn(-c2ccc(N3CCN(c4ccc(OC[C@H]5CO[C@](Cn6cncn6)(c6ccc(F)cc6F)O5)cc4)CC3)cn2)c1=O. The smallest absolute Gasteiger partial charge is 0.351 e. The van der Waals surface area contributed by atoms with Gasteiger partial charge < -0.3 is 24.0 Å². The van der Waals surface area contributed by atoms with Crippen LogP contribution in [0.4, 0.5) is 20.2 Å². The molecule has 0 aliphatic carbocycles. The van der Waals surface area contributed by atoms with Crippen molar-refractivity contribution < 1.29 is 23.0 Å². The molecule has 0 unspecified atom stereocenters. The zero-order chi connectivity index (χ0) is 34.0. The molecule has 7 rings (SSSR count). The first kappa shape index (κ1) is 32.4. The Morgan fingerprint density at radius 2 is 1.71 bits per heavy atom. The summed E-state index contributed by atoms with van der Waals surface area (Å²) in [6.45, 7) is 8.27. The van der Waals surface area contributed by atoms with Crippen molar-refractivity contribution in [3.63, 3.8) is 0 Å². The molecule has 49 heavy (non-hydrogen) atoms. The lowest BCUT2D eigenvalue weighted by atomic mass is 10.0. The molecule has 0 saturated carbocycles. The van der Waals surface area contributed by atoms with Gasteiger partial charge in [0.15, 0.2) is 0 Å². The summed E-state index contributed by atoms with van der Waals surface area (Å²) >= 11 is 0. The third-order valence-corrected chi connectivity index (χ3v) is 8.57. The number of halogens is 2. The topological polar surface area (TPSA) is 118 Å². The maximum atomic E-state index is 14.9. The molecular formula is C34H37F2N9O4. The van der Waals surface area contributed by atoms with E-state index in [0.29, 0.717) is 24.0 Å². The van der Waals surface area contributed by atoms with Gasteiger partial charge >= 0.3 is 5.69 Å². The Labute approximate surface area is 281 Å². The highest BCUT2D eigenvalue weighted by Crippen LogP contribution is 2.38. The molecular weight excluding hydrogens is 636 g/mol. The normalized spacial score (nSPS) is 19.6. The predicted molar refractivity (Wildman–Crippen MR) is 176 cm³/mol. The number of nitrogens with zero attached hydrogens (tertiary/aromatic N) is 9. The minimum Gasteiger partial charge on any atom is -0.491 e. The average molecular weight is 674 g/mol. The molecule has 0 radical (unpaired) electrons. The second kappa shape index (κ2) is 13.8. The number of rotatable bonds is 11. The molecule has 2 saturated heterocycles. The van der Waals surface area contributed by atoms with Gasteiger partial charge in [-0.25, -0.2) is 37.5 Å². The Morgan fingerprint density at radius 3 is 2.39 bits per heavy atom. The van der Waals surface area contributed by atoms with Gasteiger partial charge in [0.1, 0.15) is 61.4 Å². The number of hydrogen-bond donors (Lipinski definition) is 0. The fraction of sp³-hybridized carbons (Fsp3) is 0.382. The number of anilines is 2. The van der Waals surface area contributed by atoms with Gasteiger partial charge in [0.2, 0.25) is 5.79 Å². The van der Waals surface area contributed by atoms with Crippen LogP contribution in [0.2, 0.25) is 0 Å². The summed E-state index contributed by atoms with van der Waals surface area (Å²) in [6, 6.07) is 15.0. The molecule has 2 aromatic carbocycles. The van der Waals surface area contributed by atoms with E-state index in [4.69, 9.17) is 14.2 Å². The van der Waals surface area contributed by atoms with Crippen LogP contribution in [-0.4, -0.2) is 79.6 Å². The lowest BCUT2D eigenvalue weighted by Gasteiger charge is -2.37. The molecule has 15 heteroatoms. The van der Waals surface area contributed by atoms with Crippen LogP contribution in [0.25, 0.3) is 5.82 Å². The summed E-state index contributed by atoms with van der Waals surface area (Å²) in [5.41, 5.74) is 1.96. The molecule has 3 aromatic heterocycles. The van der Waals surface area contributed by atoms with Gasteiger partial charge in [0, 0.05) is 50.0 Å². The zero-order valence-corrected chi connectivity index (χ0v) is 27.2. The van der Waals surface area contributed by atoms with Crippen LogP contribution in [0.3, 0.4) is 0 Å². The van der Waals surface area contributed by atoms with E-state index in [0.717, 1.165) is 43.6 Å². The maximum Gasteiger partial charge on any atom is 0.351 e. The first-order valence-corrected chi connectivity index (χ1v) is 16.2. The second-order valence-electron chi connectivity index (χ2n) is 12.5. The summed E-state index contributed by atoms with van der Waals surface area (Å²) in [7, 11) is 0. The molecule has 0 N–H and O–H groups in total. The molecule has 2 fully saturated rings. The van der Waals surface area contributed by atoms with E-state index >= 15 is 0 Å². The number of ether oxygens (including phenoxy) is 3. The van der Waals surface area contributed by atoms with Gasteiger partial charge in [-0.2, -0.15) is 10.2 Å². The van der Waals surface area contributed by atoms with Gasteiger partial charge in [-0.05, 0) is 54.4 Å². The average Bonchev–Trinajstić information content (AvgIpc) is 3.86. The van der Waals surface area contributed by atoms with Gasteiger partial charge in [0.25, 0.3) is 0 Å². The zero-order valence-electron chi connectivity index (χ0n) is 27.2. The van der Waals surface area contributed by atoms with Crippen LogP contribution < -0.4 is 20.2 Å². The molecule has 0 amide bonds. The van der Waals surface area contributed by atoms with E-state index in [2.05, 4.69) is 30.0 Å². The van der Waals surface area contributed by atoms with Crippen molar-refractivity contribution in [2.24, 2.45) is 5.92 Å². The monoisotopic (exact) mass is 673 g/mol. The molecule has 0 bridgehead atoms. The quantitative estimate of drug-likeness (QED) is 0.206.